The summed E-state index contributed by atoms with van der Waals surface area (Å²) in [7, 11) is 0. The van der Waals surface area contributed by atoms with Crippen molar-refractivity contribution in [1.29, 1.82) is 0 Å². The van der Waals surface area contributed by atoms with Crippen LogP contribution in [0.25, 0.3) is 0 Å². The minimum atomic E-state index is -0.439. The molecule has 0 amide bonds. The van der Waals surface area contributed by atoms with Crippen molar-refractivity contribution < 1.29 is 9.53 Å². The van der Waals surface area contributed by atoms with Gasteiger partial charge in [0.2, 0.25) is 0 Å². The highest BCUT2D eigenvalue weighted by Gasteiger charge is 2.17. The Labute approximate surface area is 111 Å². The van der Waals surface area contributed by atoms with Gasteiger partial charge in [-0.15, -0.1) is 0 Å². The number of rotatable bonds is 4. The lowest BCUT2D eigenvalue weighted by Crippen LogP contribution is -2.23. The second-order valence-electron chi connectivity index (χ2n) is 4.99. The average Bonchev–Trinajstić information content (AvgIpc) is 2.24. The third-order valence-corrected chi connectivity index (χ3v) is 2.75. The van der Waals surface area contributed by atoms with E-state index in [4.69, 9.17) is 4.74 Å². The summed E-state index contributed by atoms with van der Waals surface area (Å²) >= 11 is 3.40. The number of ether oxygens (including phenoxy) is 1. The number of carbonyl (C=O) groups excluding carboxylic acids is 1. The Bertz CT molecular complexity index is 363. The molecule has 0 saturated carbocycles. The molecule has 0 fully saturated rings. The molecule has 0 spiro atoms. The van der Waals surface area contributed by atoms with Gasteiger partial charge in [0.05, 0.1) is 5.56 Å². The minimum absolute atomic E-state index is 0.260. The second-order valence-corrected chi connectivity index (χ2v) is 5.78. The standard InChI is InChI=1S/C14H19BrO2/c1-14(2,3)17-13(16)12-8-6-11(7-9-12)5-4-10-15/h6-9H,4-5,10H2,1-3H3. The normalized spacial score (nSPS) is 11.3. The summed E-state index contributed by atoms with van der Waals surface area (Å²) in [4.78, 5) is 11.8. The Kier molecular flexibility index (Phi) is 5.19. The first-order valence-electron chi connectivity index (χ1n) is 5.80. The number of aryl methyl sites for hydroxylation is 1. The molecule has 0 N–H and O–H groups in total. The van der Waals surface area contributed by atoms with Crippen LogP contribution in [0.15, 0.2) is 24.3 Å². The first-order chi connectivity index (χ1) is 7.92. The molecule has 1 rings (SSSR count). The molecule has 2 nitrogen and oxygen atoms in total. The number of benzene rings is 1. The van der Waals surface area contributed by atoms with E-state index in [1.165, 1.54) is 5.56 Å². The molecule has 1 aromatic rings. The first-order valence-corrected chi connectivity index (χ1v) is 6.93. The lowest BCUT2D eigenvalue weighted by Gasteiger charge is -2.19. The predicted molar refractivity (Wildman–Crippen MR) is 73.7 cm³/mol. The van der Waals surface area contributed by atoms with Crippen molar-refractivity contribution in [2.45, 2.75) is 39.2 Å². The van der Waals surface area contributed by atoms with Crippen LogP contribution < -0.4 is 0 Å². The molecule has 0 aliphatic carbocycles. The van der Waals surface area contributed by atoms with Gasteiger partial charge in [-0.1, -0.05) is 28.1 Å². The second kappa shape index (κ2) is 6.20. The fourth-order valence-corrected chi connectivity index (χ4v) is 1.70. The van der Waals surface area contributed by atoms with Gasteiger partial charge in [0, 0.05) is 5.33 Å². The third-order valence-electron chi connectivity index (χ3n) is 2.19. The third kappa shape index (κ3) is 5.35. The van der Waals surface area contributed by atoms with Gasteiger partial charge in [-0.2, -0.15) is 0 Å². The van der Waals surface area contributed by atoms with E-state index >= 15 is 0 Å². The fraction of sp³-hybridized carbons (Fsp3) is 0.500. The van der Waals surface area contributed by atoms with Gasteiger partial charge in [0.25, 0.3) is 0 Å². The van der Waals surface area contributed by atoms with E-state index in [1.807, 2.05) is 45.0 Å². The maximum absolute atomic E-state index is 11.8. The van der Waals surface area contributed by atoms with Crippen LogP contribution in [0.3, 0.4) is 0 Å². The zero-order valence-corrected chi connectivity index (χ0v) is 12.2. The number of halogens is 1. The molecule has 0 radical (unpaired) electrons. The largest absolute Gasteiger partial charge is 0.456 e. The summed E-state index contributed by atoms with van der Waals surface area (Å²) < 4.78 is 5.30. The van der Waals surface area contributed by atoms with E-state index in [1.54, 1.807) is 0 Å². The molecule has 0 heterocycles. The Morgan fingerprint density at radius 1 is 1.24 bits per heavy atom. The van der Waals surface area contributed by atoms with E-state index in [2.05, 4.69) is 15.9 Å². The monoisotopic (exact) mass is 298 g/mol. The van der Waals surface area contributed by atoms with Gasteiger partial charge in [-0.05, 0) is 51.3 Å². The zero-order chi connectivity index (χ0) is 12.9. The van der Waals surface area contributed by atoms with Crippen molar-refractivity contribution in [3.8, 4) is 0 Å². The SMILES string of the molecule is CC(C)(C)OC(=O)c1ccc(CCCBr)cc1. The summed E-state index contributed by atoms with van der Waals surface area (Å²) in [5.41, 5.74) is 1.42. The van der Waals surface area contributed by atoms with Gasteiger partial charge in [-0.25, -0.2) is 4.79 Å². The van der Waals surface area contributed by atoms with Crippen LogP contribution >= 0.6 is 15.9 Å². The van der Waals surface area contributed by atoms with Crippen LogP contribution in [-0.4, -0.2) is 16.9 Å². The van der Waals surface area contributed by atoms with Crippen molar-refractivity contribution in [2.24, 2.45) is 0 Å². The lowest BCUT2D eigenvalue weighted by atomic mass is 10.1. The zero-order valence-electron chi connectivity index (χ0n) is 10.6. The van der Waals surface area contributed by atoms with Crippen LogP contribution in [-0.2, 0) is 11.2 Å². The number of hydrogen-bond acceptors (Lipinski definition) is 2. The molecular formula is C14H19BrO2. The molecular weight excluding hydrogens is 280 g/mol. The quantitative estimate of drug-likeness (QED) is 0.621. The Morgan fingerprint density at radius 3 is 2.29 bits per heavy atom. The molecule has 0 aromatic heterocycles. The van der Waals surface area contributed by atoms with E-state index in [-0.39, 0.29) is 5.97 Å². The molecule has 17 heavy (non-hydrogen) atoms. The fourth-order valence-electron chi connectivity index (χ4n) is 1.42. The maximum atomic E-state index is 11.8. The first kappa shape index (κ1) is 14.2. The highest BCUT2D eigenvalue weighted by molar-refractivity contribution is 9.09. The highest BCUT2D eigenvalue weighted by atomic mass is 79.9. The van der Waals surface area contributed by atoms with Crippen LogP contribution in [0.1, 0.15) is 43.1 Å². The average molecular weight is 299 g/mol. The van der Waals surface area contributed by atoms with Crippen LogP contribution in [0, 0.1) is 0 Å². The molecule has 0 atom stereocenters. The van der Waals surface area contributed by atoms with Gasteiger partial charge in [0.15, 0.2) is 0 Å². The molecule has 0 unspecified atom stereocenters. The Hall–Kier alpha value is -0.830. The van der Waals surface area contributed by atoms with E-state index in [0.717, 1.165) is 18.2 Å². The number of hydrogen-bond donors (Lipinski definition) is 0. The summed E-state index contributed by atoms with van der Waals surface area (Å²) in [5, 5.41) is 1.00. The number of esters is 1. The Morgan fingerprint density at radius 2 is 1.82 bits per heavy atom. The van der Waals surface area contributed by atoms with E-state index in [0.29, 0.717) is 5.56 Å². The summed E-state index contributed by atoms with van der Waals surface area (Å²) in [6.45, 7) is 5.61. The van der Waals surface area contributed by atoms with Gasteiger partial charge in [-0.3, -0.25) is 0 Å². The van der Waals surface area contributed by atoms with Crippen molar-refractivity contribution in [2.75, 3.05) is 5.33 Å². The molecule has 0 saturated heterocycles. The van der Waals surface area contributed by atoms with E-state index < -0.39 is 5.60 Å². The molecule has 0 aliphatic heterocycles. The van der Waals surface area contributed by atoms with Gasteiger partial charge < -0.3 is 4.74 Å². The van der Waals surface area contributed by atoms with Crippen LogP contribution in [0.2, 0.25) is 0 Å². The Balaban J connectivity index is 2.64. The molecule has 94 valence electrons. The van der Waals surface area contributed by atoms with E-state index in [9.17, 15) is 4.79 Å². The predicted octanol–water partition coefficient (Wildman–Crippen LogP) is 3.97. The molecule has 0 aliphatic rings. The number of alkyl halides is 1. The van der Waals surface area contributed by atoms with Crippen molar-refractivity contribution in [1.82, 2.24) is 0 Å². The van der Waals surface area contributed by atoms with Crippen LogP contribution in [0.5, 0.6) is 0 Å². The van der Waals surface area contributed by atoms with Crippen molar-refractivity contribution in [3.63, 3.8) is 0 Å². The van der Waals surface area contributed by atoms with Gasteiger partial charge in [0.1, 0.15) is 5.60 Å². The van der Waals surface area contributed by atoms with Crippen molar-refractivity contribution in [3.05, 3.63) is 35.4 Å². The summed E-state index contributed by atoms with van der Waals surface area (Å²) in [6.07, 6.45) is 2.13. The minimum Gasteiger partial charge on any atom is -0.456 e. The maximum Gasteiger partial charge on any atom is 0.338 e. The summed E-state index contributed by atoms with van der Waals surface area (Å²) in [6, 6.07) is 7.64. The molecule has 1 aromatic carbocycles. The smallest absolute Gasteiger partial charge is 0.338 e. The molecule has 0 bridgehead atoms. The van der Waals surface area contributed by atoms with Gasteiger partial charge >= 0.3 is 5.97 Å². The topological polar surface area (TPSA) is 26.3 Å². The van der Waals surface area contributed by atoms with Crippen LogP contribution in [0.4, 0.5) is 0 Å². The summed E-state index contributed by atoms with van der Waals surface area (Å²) in [5.74, 6) is -0.260. The van der Waals surface area contributed by atoms with Crippen molar-refractivity contribution >= 4 is 21.9 Å². The lowest BCUT2D eigenvalue weighted by molar-refractivity contribution is 0.00695. The molecule has 3 heteroatoms. The highest BCUT2D eigenvalue weighted by Crippen LogP contribution is 2.13. The number of carbonyl (C=O) groups is 1.